The van der Waals surface area contributed by atoms with Crippen LogP contribution in [-0.2, 0) is 4.52 Å². The summed E-state index contributed by atoms with van der Waals surface area (Å²) in [5.74, 6) is -6.65. The van der Waals surface area contributed by atoms with Crippen molar-refractivity contribution in [1.82, 2.24) is 19.9 Å². The molecule has 1 unspecified atom stereocenters. The van der Waals surface area contributed by atoms with E-state index < -0.39 is 50.3 Å². The van der Waals surface area contributed by atoms with E-state index in [4.69, 9.17) is 5.73 Å². The number of nitrogens with two attached hydrogens (primary N) is 1. The topological polar surface area (TPSA) is 135 Å². The molecule has 37 heavy (non-hydrogen) atoms. The number of aryl methyl sites for hydroxylation is 1. The summed E-state index contributed by atoms with van der Waals surface area (Å²) in [7, 11) is -3.22. The van der Waals surface area contributed by atoms with E-state index in [1.165, 1.54) is 41.9 Å². The lowest BCUT2D eigenvalue weighted by Gasteiger charge is -2.27. The molecule has 9 nitrogen and oxygen atoms in total. The molecule has 2 heterocycles. The number of anilines is 1. The van der Waals surface area contributed by atoms with E-state index in [1.807, 2.05) is 5.32 Å². The van der Waals surface area contributed by atoms with Gasteiger partial charge in [0.25, 0.3) is 11.8 Å². The maximum atomic E-state index is 15.5. The van der Waals surface area contributed by atoms with Crippen LogP contribution in [0.1, 0.15) is 27.6 Å². The molecular formula is C23H20F4N5O4P. The van der Waals surface area contributed by atoms with Crippen molar-refractivity contribution in [2.75, 3.05) is 12.3 Å². The summed E-state index contributed by atoms with van der Waals surface area (Å²) in [6, 6.07) is 9.69. The predicted molar refractivity (Wildman–Crippen MR) is 126 cm³/mol. The SMILES string of the molecule is Cc1ccc(-c2ccn3nc(N)nc3c2)c(F)c1C(=O)NCC(F)(F)C(OP(O)O)c1ccc(F)cc1. The fourth-order valence-electron chi connectivity index (χ4n) is 3.73. The number of carbonyl (C=O) groups excluding carboxylic acids is 1. The monoisotopic (exact) mass is 537 g/mol. The number of carbonyl (C=O) groups is 1. The maximum absolute atomic E-state index is 15.5. The first kappa shape index (κ1) is 26.4. The highest BCUT2D eigenvalue weighted by atomic mass is 31.2. The molecule has 14 heteroatoms. The minimum absolute atomic E-state index is 0.0143. The van der Waals surface area contributed by atoms with Gasteiger partial charge in [-0.05, 0) is 47.9 Å². The van der Waals surface area contributed by atoms with E-state index in [0.717, 1.165) is 24.3 Å². The van der Waals surface area contributed by atoms with Crippen LogP contribution in [0, 0.1) is 18.6 Å². The van der Waals surface area contributed by atoms with Crippen molar-refractivity contribution in [2.24, 2.45) is 0 Å². The number of rotatable bonds is 8. The Balaban J connectivity index is 1.59. The number of alkyl halides is 2. The Morgan fingerprint density at radius 2 is 1.89 bits per heavy atom. The fraction of sp³-hybridized carbons (Fsp3) is 0.174. The summed E-state index contributed by atoms with van der Waals surface area (Å²) in [5, 5.41) is 5.92. The highest BCUT2D eigenvalue weighted by Crippen LogP contribution is 2.43. The fourth-order valence-corrected chi connectivity index (χ4v) is 4.20. The molecule has 0 saturated carbocycles. The summed E-state index contributed by atoms with van der Waals surface area (Å²) >= 11 is 0. The van der Waals surface area contributed by atoms with Gasteiger partial charge in [-0.2, -0.15) is 4.98 Å². The van der Waals surface area contributed by atoms with Crippen molar-refractivity contribution in [2.45, 2.75) is 19.0 Å². The molecule has 2 aromatic heterocycles. The van der Waals surface area contributed by atoms with Crippen molar-refractivity contribution < 1.29 is 36.7 Å². The van der Waals surface area contributed by atoms with Crippen LogP contribution in [0.25, 0.3) is 16.8 Å². The molecule has 0 aliphatic heterocycles. The third kappa shape index (κ3) is 5.70. The molecular weight excluding hydrogens is 517 g/mol. The first-order chi connectivity index (χ1) is 17.5. The molecule has 0 aliphatic rings. The largest absolute Gasteiger partial charge is 0.366 e. The molecule has 0 fully saturated rings. The van der Waals surface area contributed by atoms with Crippen molar-refractivity contribution >= 4 is 26.1 Å². The Morgan fingerprint density at radius 1 is 1.19 bits per heavy atom. The summed E-state index contributed by atoms with van der Waals surface area (Å²) in [5.41, 5.74) is 5.74. The van der Waals surface area contributed by atoms with Crippen LogP contribution in [0.15, 0.2) is 54.7 Å². The zero-order valence-electron chi connectivity index (χ0n) is 19.1. The Bertz CT molecular complexity index is 1450. The van der Waals surface area contributed by atoms with Gasteiger partial charge in [-0.1, -0.05) is 24.3 Å². The zero-order valence-corrected chi connectivity index (χ0v) is 20.0. The average molecular weight is 537 g/mol. The number of nitrogens with one attached hydrogen (secondary N) is 1. The van der Waals surface area contributed by atoms with E-state index in [9.17, 15) is 19.0 Å². The van der Waals surface area contributed by atoms with Crippen LogP contribution in [0.4, 0.5) is 23.5 Å². The van der Waals surface area contributed by atoms with Gasteiger partial charge in [0.2, 0.25) is 5.95 Å². The molecule has 4 aromatic rings. The molecule has 4 rings (SSSR count). The third-order valence-corrected chi connectivity index (χ3v) is 5.88. The van der Waals surface area contributed by atoms with Gasteiger partial charge in [0.15, 0.2) is 11.8 Å². The molecule has 0 aliphatic carbocycles. The average Bonchev–Trinajstić information content (AvgIpc) is 3.21. The quantitative estimate of drug-likeness (QED) is 0.198. The molecule has 0 radical (unpaired) electrons. The van der Waals surface area contributed by atoms with E-state index in [0.29, 0.717) is 11.2 Å². The Labute approximate surface area is 208 Å². The highest BCUT2D eigenvalue weighted by molar-refractivity contribution is 7.39. The second kappa shape index (κ2) is 10.4. The zero-order chi connectivity index (χ0) is 26.9. The molecule has 5 N–H and O–H groups in total. The summed E-state index contributed by atoms with van der Waals surface area (Å²) in [6.45, 7) is 0.0998. The predicted octanol–water partition coefficient (Wildman–Crippen LogP) is 3.90. The molecule has 0 saturated heterocycles. The van der Waals surface area contributed by atoms with Crippen LogP contribution in [0.2, 0.25) is 0 Å². The summed E-state index contributed by atoms with van der Waals surface area (Å²) in [6.07, 6.45) is -0.727. The lowest BCUT2D eigenvalue weighted by molar-refractivity contribution is -0.0973. The van der Waals surface area contributed by atoms with Crippen molar-refractivity contribution in [1.29, 1.82) is 0 Å². The van der Waals surface area contributed by atoms with Crippen LogP contribution in [0.5, 0.6) is 0 Å². The van der Waals surface area contributed by atoms with Gasteiger partial charge >= 0.3 is 8.60 Å². The maximum Gasteiger partial charge on any atom is 0.327 e. The second-order valence-electron chi connectivity index (χ2n) is 8.04. The number of benzene rings is 2. The number of amides is 1. The van der Waals surface area contributed by atoms with Crippen LogP contribution in [-0.4, -0.2) is 42.8 Å². The Morgan fingerprint density at radius 3 is 2.57 bits per heavy atom. The van der Waals surface area contributed by atoms with Gasteiger partial charge < -0.3 is 20.8 Å². The normalized spacial score (nSPS) is 12.8. The molecule has 1 amide bonds. The number of pyridine rings is 1. The number of nitrogen functional groups attached to an aromatic ring is 1. The van der Waals surface area contributed by atoms with Crippen LogP contribution in [0.3, 0.4) is 0 Å². The number of nitrogens with zero attached hydrogens (tertiary/aromatic N) is 3. The smallest absolute Gasteiger partial charge is 0.327 e. The number of fused-ring (bicyclic) bond motifs is 1. The van der Waals surface area contributed by atoms with E-state index in [-0.39, 0.29) is 22.6 Å². The first-order valence-electron chi connectivity index (χ1n) is 10.6. The van der Waals surface area contributed by atoms with E-state index in [2.05, 4.69) is 14.6 Å². The molecule has 0 bridgehead atoms. The third-order valence-electron chi connectivity index (χ3n) is 5.48. The number of aromatic nitrogens is 3. The Hall–Kier alpha value is -3.64. The molecule has 194 valence electrons. The van der Waals surface area contributed by atoms with Crippen molar-refractivity contribution in [3.8, 4) is 11.1 Å². The molecule has 1 atom stereocenters. The van der Waals surface area contributed by atoms with Gasteiger partial charge in [-0.3, -0.25) is 9.32 Å². The highest BCUT2D eigenvalue weighted by Gasteiger charge is 2.43. The van der Waals surface area contributed by atoms with E-state index in [1.54, 1.807) is 0 Å². The van der Waals surface area contributed by atoms with Gasteiger partial charge in [0, 0.05) is 11.8 Å². The minimum atomic E-state index is -3.89. The second-order valence-corrected chi connectivity index (χ2v) is 8.76. The molecule has 0 spiro atoms. The lowest BCUT2D eigenvalue weighted by atomic mass is 9.98. The van der Waals surface area contributed by atoms with Gasteiger partial charge in [0.1, 0.15) is 11.6 Å². The summed E-state index contributed by atoms with van der Waals surface area (Å²) in [4.78, 5) is 35.2. The van der Waals surface area contributed by atoms with Gasteiger partial charge in [-0.15, -0.1) is 5.10 Å². The standard InChI is InChI=1S/C23H20F4N5O4P/c1-12-2-7-16(14-8-9-32-17(10-14)30-22(28)31-32)19(25)18(12)21(33)29-11-23(26,27)20(36-37(34)35)13-3-5-15(24)6-4-13/h2-10,20,34-35H,11H2,1H3,(H2,28,31)(H,29,33). The Kier molecular flexibility index (Phi) is 7.42. The van der Waals surface area contributed by atoms with Crippen LogP contribution < -0.4 is 11.1 Å². The molecule has 2 aromatic carbocycles. The van der Waals surface area contributed by atoms with Crippen molar-refractivity contribution in [3.05, 3.63) is 83.1 Å². The van der Waals surface area contributed by atoms with Gasteiger partial charge in [-0.25, -0.2) is 22.1 Å². The van der Waals surface area contributed by atoms with Crippen molar-refractivity contribution in [3.63, 3.8) is 0 Å². The van der Waals surface area contributed by atoms with Gasteiger partial charge in [0.05, 0.1) is 12.1 Å². The number of hydrogen-bond donors (Lipinski definition) is 4. The minimum Gasteiger partial charge on any atom is -0.366 e. The number of halogens is 4. The number of hydrogen-bond acceptors (Lipinski definition) is 7. The first-order valence-corrected chi connectivity index (χ1v) is 11.8. The van der Waals surface area contributed by atoms with E-state index >= 15 is 13.2 Å². The lowest BCUT2D eigenvalue weighted by Crippen LogP contribution is -2.41. The summed E-state index contributed by atoms with van der Waals surface area (Å²) < 4.78 is 64.8. The van der Waals surface area contributed by atoms with Crippen LogP contribution >= 0.6 is 8.60 Å².